The number of benzene rings is 2. The molecule has 0 saturated carbocycles. The molecule has 0 aliphatic carbocycles. The number of nitrogens with one attached hydrogen (secondary N) is 2. The van der Waals surface area contributed by atoms with E-state index in [0.717, 1.165) is 0 Å². The highest BCUT2D eigenvalue weighted by Gasteiger charge is 2.22. The maximum atomic E-state index is 12.6. The molecule has 0 bridgehead atoms. The largest absolute Gasteiger partial charge is 0.497 e. The summed E-state index contributed by atoms with van der Waals surface area (Å²) in [6, 6.07) is 9.44. The molecule has 1 atom stereocenters. The Hall–Kier alpha value is -2.48. The van der Waals surface area contributed by atoms with Gasteiger partial charge in [-0.2, -0.15) is 0 Å². The quantitative estimate of drug-likeness (QED) is 0.651. The van der Waals surface area contributed by atoms with Crippen LogP contribution in [0.25, 0.3) is 0 Å². The van der Waals surface area contributed by atoms with Crippen LogP contribution >= 0.6 is 23.2 Å². The first kappa shape index (κ1) is 22.8. The molecule has 2 aromatic rings. The fourth-order valence-corrected chi connectivity index (χ4v) is 3.00. The van der Waals surface area contributed by atoms with Crippen LogP contribution < -0.4 is 20.1 Å². The number of rotatable bonds is 8. The van der Waals surface area contributed by atoms with Gasteiger partial charge in [-0.05, 0) is 38.2 Å². The van der Waals surface area contributed by atoms with Gasteiger partial charge in [-0.15, -0.1) is 0 Å². The molecule has 0 radical (unpaired) electrons. The topological polar surface area (TPSA) is 79.9 Å². The maximum absolute atomic E-state index is 12.6. The molecule has 2 rings (SSSR count). The number of hydrogen-bond acceptors (Lipinski definition) is 5. The van der Waals surface area contributed by atoms with E-state index in [4.69, 9.17) is 32.7 Å². The Labute approximate surface area is 179 Å². The first-order valence-electron chi connectivity index (χ1n) is 8.73. The number of carbonyl (C=O) groups is 2. The zero-order valence-electron chi connectivity index (χ0n) is 16.6. The number of carbonyl (C=O) groups excluding carboxylic acids is 2. The van der Waals surface area contributed by atoms with Crippen molar-refractivity contribution in [3.63, 3.8) is 0 Å². The summed E-state index contributed by atoms with van der Waals surface area (Å²) in [5.74, 6) is 0.432. The van der Waals surface area contributed by atoms with Crippen molar-refractivity contribution in [1.82, 2.24) is 4.90 Å². The van der Waals surface area contributed by atoms with E-state index in [-0.39, 0.29) is 18.4 Å². The summed E-state index contributed by atoms with van der Waals surface area (Å²) < 4.78 is 10.4. The van der Waals surface area contributed by atoms with Crippen molar-refractivity contribution in [2.24, 2.45) is 0 Å². The summed E-state index contributed by atoms with van der Waals surface area (Å²) in [5.41, 5.74) is 0.817. The molecule has 0 aliphatic rings. The first-order valence-corrected chi connectivity index (χ1v) is 9.49. The molecule has 0 heterocycles. The van der Waals surface area contributed by atoms with Crippen molar-refractivity contribution in [3.05, 3.63) is 46.4 Å². The molecule has 2 aromatic carbocycles. The predicted octanol–water partition coefficient (Wildman–Crippen LogP) is 3.91. The minimum absolute atomic E-state index is 0.0363. The minimum Gasteiger partial charge on any atom is -0.497 e. The summed E-state index contributed by atoms with van der Waals surface area (Å²) in [4.78, 5) is 26.6. The van der Waals surface area contributed by atoms with E-state index in [2.05, 4.69) is 10.6 Å². The zero-order chi connectivity index (χ0) is 21.6. The lowest BCUT2D eigenvalue weighted by Gasteiger charge is -2.24. The minimum atomic E-state index is -0.599. The fraction of sp³-hybridized carbons (Fsp3) is 0.300. The van der Waals surface area contributed by atoms with Gasteiger partial charge < -0.3 is 20.1 Å². The third-order valence-corrected chi connectivity index (χ3v) is 4.96. The van der Waals surface area contributed by atoms with Gasteiger partial charge in [0.1, 0.15) is 11.5 Å². The predicted molar refractivity (Wildman–Crippen MR) is 115 cm³/mol. The Bertz CT molecular complexity index is 872. The van der Waals surface area contributed by atoms with Crippen LogP contribution in [0.15, 0.2) is 36.4 Å². The van der Waals surface area contributed by atoms with Crippen molar-refractivity contribution in [3.8, 4) is 11.5 Å². The lowest BCUT2D eigenvalue weighted by molar-refractivity contribution is -0.122. The van der Waals surface area contributed by atoms with Gasteiger partial charge in [-0.1, -0.05) is 29.3 Å². The van der Waals surface area contributed by atoms with E-state index in [1.165, 1.54) is 14.2 Å². The van der Waals surface area contributed by atoms with Gasteiger partial charge in [0.15, 0.2) is 0 Å². The first-order chi connectivity index (χ1) is 13.8. The smallest absolute Gasteiger partial charge is 0.241 e. The van der Waals surface area contributed by atoms with Crippen LogP contribution in [0.4, 0.5) is 11.4 Å². The third-order valence-electron chi connectivity index (χ3n) is 4.33. The lowest BCUT2D eigenvalue weighted by Crippen LogP contribution is -2.43. The molecule has 29 heavy (non-hydrogen) atoms. The van der Waals surface area contributed by atoms with Gasteiger partial charge in [0.05, 0.1) is 48.2 Å². The highest BCUT2D eigenvalue weighted by molar-refractivity contribution is 6.39. The van der Waals surface area contributed by atoms with Crippen molar-refractivity contribution >= 4 is 46.4 Å². The molecule has 1 unspecified atom stereocenters. The van der Waals surface area contributed by atoms with Crippen LogP contribution in [0.2, 0.25) is 10.0 Å². The average Bonchev–Trinajstić information content (AvgIpc) is 2.70. The number of nitrogens with zero attached hydrogens (tertiary/aromatic N) is 1. The summed E-state index contributed by atoms with van der Waals surface area (Å²) >= 11 is 12.1. The summed E-state index contributed by atoms with van der Waals surface area (Å²) in [6.07, 6.45) is 0. The number of hydrogen-bond donors (Lipinski definition) is 2. The SMILES string of the molecule is COc1ccc(OC)c(NC(=O)C(C)N(C)CC(=O)Nc2c(Cl)cccc2Cl)c1. The molecule has 156 valence electrons. The molecule has 7 nitrogen and oxygen atoms in total. The number of para-hydroxylation sites is 1. The fourth-order valence-electron chi connectivity index (χ4n) is 2.51. The van der Waals surface area contributed by atoms with E-state index in [9.17, 15) is 9.59 Å². The Balaban J connectivity index is 2.01. The van der Waals surface area contributed by atoms with E-state index in [0.29, 0.717) is 32.9 Å². The van der Waals surface area contributed by atoms with Crippen molar-refractivity contribution in [2.45, 2.75) is 13.0 Å². The normalized spacial score (nSPS) is 11.7. The number of halogens is 2. The molecular formula is C20H23Cl2N3O4. The Morgan fingerprint density at radius 2 is 1.72 bits per heavy atom. The number of ether oxygens (including phenoxy) is 2. The summed E-state index contributed by atoms with van der Waals surface area (Å²) in [7, 11) is 4.71. The molecule has 0 fully saturated rings. The molecule has 0 aliphatic heterocycles. The Morgan fingerprint density at radius 3 is 2.31 bits per heavy atom. The monoisotopic (exact) mass is 439 g/mol. The standard InChI is InChI=1S/C20H23Cl2N3O4/c1-12(20(27)23-16-10-13(28-3)8-9-17(16)29-4)25(2)11-18(26)24-19-14(21)6-5-7-15(19)22/h5-10,12H,11H2,1-4H3,(H,23,27)(H,24,26). The van der Waals surface area contributed by atoms with Crippen molar-refractivity contribution in [2.75, 3.05) is 38.4 Å². The third kappa shape index (κ3) is 6.00. The zero-order valence-corrected chi connectivity index (χ0v) is 18.1. The number of methoxy groups -OCH3 is 2. The summed E-state index contributed by atoms with van der Waals surface area (Å²) in [6.45, 7) is 1.66. The summed E-state index contributed by atoms with van der Waals surface area (Å²) in [5, 5.41) is 6.15. The molecule has 2 N–H and O–H groups in total. The van der Waals surface area contributed by atoms with Crippen LogP contribution in [0.3, 0.4) is 0 Å². The molecule has 0 saturated heterocycles. The van der Waals surface area contributed by atoms with Gasteiger partial charge in [0, 0.05) is 6.07 Å². The molecule has 2 amide bonds. The average molecular weight is 440 g/mol. The lowest BCUT2D eigenvalue weighted by atomic mass is 10.2. The maximum Gasteiger partial charge on any atom is 0.241 e. The van der Waals surface area contributed by atoms with E-state index in [1.54, 1.807) is 55.3 Å². The number of likely N-dealkylation sites (N-methyl/N-ethyl adjacent to an activating group) is 1. The van der Waals surface area contributed by atoms with E-state index in [1.807, 2.05) is 0 Å². The highest BCUT2D eigenvalue weighted by Crippen LogP contribution is 2.30. The Morgan fingerprint density at radius 1 is 1.07 bits per heavy atom. The molecular weight excluding hydrogens is 417 g/mol. The second-order valence-corrected chi connectivity index (χ2v) is 7.11. The van der Waals surface area contributed by atoms with Gasteiger partial charge >= 0.3 is 0 Å². The van der Waals surface area contributed by atoms with Crippen LogP contribution in [-0.4, -0.2) is 50.6 Å². The second-order valence-electron chi connectivity index (χ2n) is 6.29. The highest BCUT2D eigenvalue weighted by atomic mass is 35.5. The van der Waals surface area contributed by atoms with Crippen molar-refractivity contribution < 1.29 is 19.1 Å². The van der Waals surface area contributed by atoms with E-state index >= 15 is 0 Å². The van der Waals surface area contributed by atoms with Crippen LogP contribution in [0, 0.1) is 0 Å². The Kier molecular flexibility index (Phi) is 8.13. The van der Waals surface area contributed by atoms with Crippen LogP contribution in [-0.2, 0) is 9.59 Å². The van der Waals surface area contributed by atoms with Gasteiger partial charge in [-0.3, -0.25) is 14.5 Å². The van der Waals surface area contributed by atoms with E-state index < -0.39 is 6.04 Å². The van der Waals surface area contributed by atoms with Gasteiger partial charge in [0.25, 0.3) is 0 Å². The van der Waals surface area contributed by atoms with Gasteiger partial charge in [0.2, 0.25) is 11.8 Å². The number of amides is 2. The molecule has 0 spiro atoms. The van der Waals surface area contributed by atoms with Crippen molar-refractivity contribution in [1.29, 1.82) is 0 Å². The number of anilines is 2. The van der Waals surface area contributed by atoms with Crippen LogP contribution in [0.1, 0.15) is 6.92 Å². The molecule has 0 aromatic heterocycles. The van der Waals surface area contributed by atoms with Crippen LogP contribution in [0.5, 0.6) is 11.5 Å². The second kappa shape index (κ2) is 10.3. The van der Waals surface area contributed by atoms with Gasteiger partial charge in [-0.25, -0.2) is 0 Å². The molecule has 9 heteroatoms.